The van der Waals surface area contributed by atoms with E-state index in [0.717, 1.165) is 32.5 Å². The van der Waals surface area contributed by atoms with Crippen LogP contribution in [0.15, 0.2) is 71.5 Å². The van der Waals surface area contributed by atoms with E-state index in [0.29, 0.717) is 13.2 Å². The molecule has 28 heavy (non-hydrogen) atoms. The van der Waals surface area contributed by atoms with Crippen molar-refractivity contribution in [1.29, 1.82) is 0 Å². The Bertz CT molecular complexity index is 1080. The van der Waals surface area contributed by atoms with Crippen LogP contribution in [-0.4, -0.2) is 14.5 Å². The normalized spacial score (nSPS) is 12.4. The van der Waals surface area contributed by atoms with Crippen LogP contribution in [0.5, 0.6) is 0 Å². The Hall–Kier alpha value is -2.57. The van der Waals surface area contributed by atoms with Crippen molar-refractivity contribution in [2.75, 3.05) is 0 Å². The molecule has 0 amide bonds. The third kappa shape index (κ3) is 3.98. The van der Waals surface area contributed by atoms with Crippen molar-refractivity contribution in [3.63, 3.8) is 0 Å². The Morgan fingerprint density at radius 2 is 1.79 bits per heavy atom. The molecule has 0 aliphatic heterocycles. The fourth-order valence-electron chi connectivity index (χ4n) is 3.28. The molecule has 0 aliphatic carbocycles. The van der Waals surface area contributed by atoms with Crippen LogP contribution in [0.25, 0.3) is 11.0 Å². The van der Waals surface area contributed by atoms with Gasteiger partial charge >= 0.3 is 0 Å². The van der Waals surface area contributed by atoms with E-state index >= 15 is 0 Å². The number of aromatic nitrogens is 3. The number of halogens is 2. The standard InChI is InChI=1S/C22H19BrFN3O/c1-15(17-2-5-19(24)6-3-17)27-21-12-18(23)4-7-20(21)26-22(27)14-28-13-16-8-10-25-11-9-16/h2-12,15H,13-14H2,1H3. The molecule has 0 radical (unpaired) electrons. The molecule has 1 atom stereocenters. The van der Waals surface area contributed by atoms with Crippen LogP contribution in [0.2, 0.25) is 0 Å². The topological polar surface area (TPSA) is 39.9 Å². The fourth-order valence-corrected chi connectivity index (χ4v) is 3.63. The molecule has 6 heteroatoms. The van der Waals surface area contributed by atoms with Gasteiger partial charge in [0.15, 0.2) is 0 Å². The van der Waals surface area contributed by atoms with Crippen molar-refractivity contribution >= 4 is 27.0 Å². The average molecular weight is 440 g/mol. The van der Waals surface area contributed by atoms with Gasteiger partial charge in [0.1, 0.15) is 18.2 Å². The maximum absolute atomic E-state index is 13.4. The molecular weight excluding hydrogens is 421 g/mol. The quantitative estimate of drug-likeness (QED) is 0.389. The minimum Gasteiger partial charge on any atom is -0.369 e. The molecule has 1 unspecified atom stereocenters. The highest BCUT2D eigenvalue weighted by molar-refractivity contribution is 9.10. The Kier molecular flexibility index (Phi) is 5.50. The second-order valence-corrected chi connectivity index (χ2v) is 7.52. The number of fused-ring (bicyclic) bond motifs is 1. The third-order valence-electron chi connectivity index (χ3n) is 4.71. The number of nitrogens with zero attached hydrogens (tertiary/aromatic N) is 3. The average Bonchev–Trinajstić information content (AvgIpc) is 3.06. The van der Waals surface area contributed by atoms with E-state index in [-0.39, 0.29) is 11.9 Å². The molecule has 0 saturated carbocycles. The SMILES string of the molecule is CC(c1ccc(F)cc1)n1c(COCc2ccncc2)nc2ccc(Br)cc21. The van der Waals surface area contributed by atoms with E-state index in [1.54, 1.807) is 12.4 Å². The summed E-state index contributed by atoms with van der Waals surface area (Å²) in [5, 5.41) is 0. The molecule has 0 saturated heterocycles. The second kappa shape index (κ2) is 8.20. The van der Waals surface area contributed by atoms with Gasteiger partial charge in [0.25, 0.3) is 0 Å². The molecular formula is C22H19BrFN3O. The lowest BCUT2D eigenvalue weighted by molar-refractivity contribution is 0.0991. The Morgan fingerprint density at radius 1 is 1.04 bits per heavy atom. The lowest BCUT2D eigenvalue weighted by atomic mass is 10.1. The van der Waals surface area contributed by atoms with Crippen LogP contribution < -0.4 is 0 Å². The summed E-state index contributed by atoms with van der Waals surface area (Å²) < 4.78 is 22.4. The lowest BCUT2D eigenvalue weighted by Gasteiger charge is -2.18. The number of pyridine rings is 1. The van der Waals surface area contributed by atoms with Crippen LogP contribution in [0.3, 0.4) is 0 Å². The van der Waals surface area contributed by atoms with E-state index in [1.165, 1.54) is 12.1 Å². The van der Waals surface area contributed by atoms with Gasteiger partial charge in [0.05, 0.1) is 23.7 Å². The number of ether oxygens (including phenoxy) is 1. The molecule has 2 aromatic heterocycles. The third-order valence-corrected chi connectivity index (χ3v) is 5.21. The summed E-state index contributed by atoms with van der Waals surface area (Å²) in [5.74, 6) is 0.592. The molecule has 142 valence electrons. The predicted molar refractivity (Wildman–Crippen MR) is 110 cm³/mol. The Balaban J connectivity index is 1.67. The summed E-state index contributed by atoms with van der Waals surface area (Å²) in [5.41, 5.74) is 3.98. The first kappa shape index (κ1) is 18.8. The van der Waals surface area contributed by atoms with Crippen molar-refractivity contribution in [2.45, 2.75) is 26.2 Å². The molecule has 4 nitrogen and oxygen atoms in total. The fraction of sp³-hybridized carbons (Fsp3) is 0.182. The molecule has 0 bridgehead atoms. The first-order chi connectivity index (χ1) is 13.6. The van der Waals surface area contributed by atoms with Gasteiger partial charge in [-0.3, -0.25) is 4.98 Å². The number of imidazole rings is 1. The van der Waals surface area contributed by atoms with Crippen molar-refractivity contribution in [3.8, 4) is 0 Å². The second-order valence-electron chi connectivity index (χ2n) is 6.61. The van der Waals surface area contributed by atoms with E-state index in [2.05, 4.69) is 38.5 Å². The Labute approximate surface area is 171 Å². The number of hydrogen-bond acceptors (Lipinski definition) is 3. The smallest absolute Gasteiger partial charge is 0.136 e. The number of rotatable bonds is 6. The molecule has 2 aromatic carbocycles. The zero-order valence-corrected chi connectivity index (χ0v) is 16.9. The first-order valence-electron chi connectivity index (χ1n) is 9.00. The van der Waals surface area contributed by atoms with E-state index in [1.807, 2.05) is 36.4 Å². The zero-order valence-electron chi connectivity index (χ0n) is 15.3. The van der Waals surface area contributed by atoms with Crippen molar-refractivity contribution in [3.05, 3.63) is 94.2 Å². The van der Waals surface area contributed by atoms with E-state index in [4.69, 9.17) is 9.72 Å². The summed E-state index contributed by atoms with van der Waals surface area (Å²) in [6.45, 7) is 2.95. The van der Waals surface area contributed by atoms with Crippen LogP contribution in [-0.2, 0) is 18.0 Å². The minimum absolute atomic E-state index is 0.0144. The molecule has 2 heterocycles. The van der Waals surface area contributed by atoms with Crippen molar-refractivity contribution in [1.82, 2.24) is 14.5 Å². The van der Waals surface area contributed by atoms with Gasteiger partial charge in [-0.1, -0.05) is 28.1 Å². The maximum Gasteiger partial charge on any atom is 0.136 e. The minimum atomic E-state index is -0.241. The molecule has 0 aliphatic rings. The van der Waals surface area contributed by atoms with Crippen LogP contribution in [0, 0.1) is 5.82 Å². The largest absolute Gasteiger partial charge is 0.369 e. The molecule has 0 N–H and O–H groups in total. The highest BCUT2D eigenvalue weighted by Gasteiger charge is 2.18. The summed E-state index contributed by atoms with van der Waals surface area (Å²) in [6.07, 6.45) is 3.50. The van der Waals surface area contributed by atoms with Gasteiger partial charge in [0, 0.05) is 16.9 Å². The van der Waals surface area contributed by atoms with Crippen molar-refractivity contribution in [2.24, 2.45) is 0 Å². The van der Waals surface area contributed by atoms with Gasteiger partial charge < -0.3 is 9.30 Å². The van der Waals surface area contributed by atoms with Gasteiger partial charge in [-0.25, -0.2) is 9.37 Å². The molecule has 4 aromatic rings. The van der Waals surface area contributed by atoms with Crippen molar-refractivity contribution < 1.29 is 9.13 Å². The number of benzene rings is 2. The summed E-state index contributed by atoms with van der Waals surface area (Å²) in [4.78, 5) is 8.80. The highest BCUT2D eigenvalue weighted by Crippen LogP contribution is 2.28. The maximum atomic E-state index is 13.4. The highest BCUT2D eigenvalue weighted by atomic mass is 79.9. The summed E-state index contributed by atoms with van der Waals surface area (Å²) >= 11 is 3.55. The van der Waals surface area contributed by atoms with Gasteiger partial charge in [-0.15, -0.1) is 0 Å². The zero-order chi connectivity index (χ0) is 19.5. The molecule has 4 rings (SSSR count). The van der Waals surface area contributed by atoms with Gasteiger partial charge in [-0.2, -0.15) is 0 Å². The molecule has 0 fully saturated rings. The monoisotopic (exact) mass is 439 g/mol. The van der Waals surface area contributed by atoms with Crippen LogP contribution in [0.1, 0.15) is 29.9 Å². The predicted octanol–water partition coefficient (Wildman–Crippen LogP) is 5.66. The Morgan fingerprint density at radius 3 is 2.54 bits per heavy atom. The number of hydrogen-bond donors (Lipinski definition) is 0. The van der Waals surface area contributed by atoms with Gasteiger partial charge in [0.2, 0.25) is 0 Å². The van der Waals surface area contributed by atoms with E-state index < -0.39 is 0 Å². The first-order valence-corrected chi connectivity index (χ1v) is 9.79. The van der Waals surface area contributed by atoms with Gasteiger partial charge in [-0.05, 0) is 60.5 Å². The lowest BCUT2D eigenvalue weighted by Crippen LogP contribution is -2.12. The van der Waals surface area contributed by atoms with E-state index in [9.17, 15) is 4.39 Å². The van der Waals surface area contributed by atoms with Crippen LogP contribution >= 0.6 is 15.9 Å². The summed E-state index contributed by atoms with van der Waals surface area (Å²) in [7, 11) is 0. The summed E-state index contributed by atoms with van der Waals surface area (Å²) in [6, 6.07) is 16.5. The molecule has 0 spiro atoms. The van der Waals surface area contributed by atoms with Crippen LogP contribution in [0.4, 0.5) is 4.39 Å².